The highest BCUT2D eigenvalue weighted by Crippen LogP contribution is 2.14. The van der Waals surface area contributed by atoms with Gasteiger partial charge in [-0.25, -0.2) is 4.39 Å². The third-order valence-electron chi connectivity index (χ3n) is 5.35. The lowest BCUT2D eigenvalue weighted by atomic mass is 10.1. The molecular weight excluding hydrogens is 427 g/mol. The Hall–Kier alpha value is -2.55. The number of carbonyl (C=O) groups excluding carboxylic acids is 1. The van der Waals surface area contributed by atoms with Crippen molar-refractivity contribution >= 4 is 28.9 Å². The van der Waals surface area contributed by atoms with Crippen LogP contribution in [0.25, 0.3) is 0 Å². The summed E-state index contributed by atoms with van der Waals surface area (Å²) in [6, 6.07) is 13.8. The number of ether oxygens (including phenoxy) is 1. The zero-order chi connectivity index (χ0) is 23.1. The van der Waals surface area contributed by atoms with Crippen molar-refractivity contribution in [2.24, 2.45) is 0 Å². The van der Waals surface area contributed by atoms with Crippen molar-refractivity contribution in [1.29, 1.82) is 0 Å². The molecule has 172 valence electrons. The normalized spacial score (nSPS) is 16.2. The lowest BCUT2D eigenvalue weighted by Gasteiger charge is -2.37. The van der Waals surface area contributed by atoms with Crippen molar-refractivity contribution < 1.29 is 13.9 Å². The smallest absolute Gasteiger partial charge is 0.253 e. The van der Waals surface area contributed by atoms with Gasteiger partial charge in [0.2, 0.25) is 0 Å². The molecule has 8 heteroatoms. The standard InChI is InChI=1S/C24H31FN4O2S/c1-18-4-6-19(7-5-18)23(30)28(13-12-27(2)3)16-22-17-29(14-15-31-22)24(32)26-21-10-8-20(25)9-11-21/h4-11,22H,12-17H2,1-3H3,(H,26,32)/t22-/m0/s1. The van der Waals surface area contributed by atoms with Gasteiger partial charge in [-0.3, -0.25) is 4.79 Å². The number of hydrogen-bond acceptors (Lipinski definition) is 4. The maximum Gasteiger partial charge on any atom is 0.253 e. The van der Waals surface area contributed by atoms with Gasteiger partial charge < -0.3 is 24.8 Å². The van der Waals surface area contributed by atoms with E-state index in [1.807, 2.05) is 55.1 Å². The number of benzene rings is 2. The van der Waals surface area contributed by atoms with E-state index in [1.54, 1.807) is 12.1 Å². The third-order valence-corrected chi connectivity index (χ3v) is 5.71. The molecule has 2 aromatic carbocycles. The topological polar surface area (TPSA) is 48.1 Å². The highest BCUT2D eigenvalue weighted by molar-refractivity contribution is 7.80. The van der Waals surface area contributed by atoms with E-state index >= 15 is 0 Å². The third kappa shape index (κ3) is 6.98. The number of nitrogens with one attached hydrogen (secondary N) is 1. The first-order valence-electron chi connectivity index (χ1n) is 10.8. The van der Waals surface area contributed by atoms with Crippen LogP contribution in [0.2, 0.25) is 0 Å². The minimum absolute atomic E-state index is 0.000382. The van der Waals surface area contributed by atoms with E-state index in [0.29, 0.717) is 43.5 Å². The van der Waals surface area contributed by atoms with Crippen molar-refractivity contribution in [1.82, 2.24) is 14.7 Å². The van der Waals surface area contributed by atoms with Crippen molar-refractivity contribution in [3.8, 4) is 0 Å². The fourth-order valence-corrected chi connectivity index (χ4v) is 3.75. The van der Waals surface area contributed by atoms with Crippen molar-refractivity contribution in [3.63, 3.8) is 0 Å². The molecule has 0 radical (unpaired) electrons. The highest BCUT2D eigenvalue weighted by Gasteiger charge is 2.27. The molecule has 1 atom stereocenters. The number of nitrogens with zero attached hydrogens (tertiary/aromatic N) is 3. The van der Waals surface area contributed by atoms with E-state index in [2.05, 4.69) is 10.2 Å². The molecule has 1 heterocycles. The van der Waals surface area contributed by atoms with Gasteiger partial charge in [-0.05, 0) is 69.6 Å². The van der Waals surface area contributed by atoms with E-state index in [9.17, 15) is 9.18 Å². The molecule has 1 amide bonds. The Morgan fingerprint density at radius 1 is 1.16 bits per heavy atom. The second-order valence-corrected chi connectivity index (χ2v) is 8.68. The van der Waals surface area contributed by atoms with Gasteiger partial charge in [-0.15, -0.1) is 0 Å². The Bertz CT molecular complexity index is 905. The number of anilines is 1. The van der Waals surface area contributed by atoms with E-state index < -0.39 is 0 Å². The number of likely N-dealkylation sites (N-methyl/N-ethyl adjacent to an activating group) is 1. The summed E-state index contributed by atoms with van der Waals surface area (Å²) >= 11 is 5.56. The Balaban J connectivity index is 1.64. The summed E-state index contributed by atoms with van der Waals surface area (Å²) < 4.78 is 19.1. The summed E-state index contributed by atoms with van der Waals surface area (Å²) in [5, 5.41) is 3.72. The molecule has 1 aliphatic heterocycles. The minimum Gasteiger partial charge on any atom is -0.373 e. The highest BCUT2D eigenvalue weighted by atomic mass is 32.1. The van der Waals surface area contributed by atoms with Gasteiger partial charge in [-0.2, -0.15) is 0 Å². The van der Waals surface area contributed by atoms with E-state index in [0.717, 1.165) is 17.8 Å². The number of amides is 1. The van der Waals surface area contributed by atoms with Crippen LogP contribution >= 0.6 is 12.2 Å². The van der Waals surface area contributed by atoms with E-state index in [-0.39, 0.29) is 17.8 Å². The Morgan fingerprint density at radius 2 is 1.84 bits per heavy atom. The second-order valence-electron chi connectivity index (χ2n) is 8.30. The summed E-state index contributed by atoms with van der Waals surface area (Å²) in [5.41, 5.74) is 2.53. The lowest BCUT2D eigenvalue weighted by molar-refractivity contribution is -0.0208. The molecule has 1 fully saturated rings. The summed E-state index contributed by atoms with van der Waals surface area (Å²) in [6.45, 7) is 5.62. The van der Waals surface area contributed by atoms with Crippen LogP contribution in [0, 0.1) is 12.7 Å². The van der Waals surface area contributed by atoms with Crippen LogP contribution < -0.4 is 5.32 Å². The van der Waals surface area contributed by atoms with Gasteiger partial charge in [0.05, 0.1) is 12.7 Å². The zero-order valence-electron chi connectivity index (χ0n) is 18.9. The average molecular weight is 459 g/mol. The van der Waals surface area contributed by atoms with Gasteiger partial charge in [0.1, 0.15) is 5.82 Å². The molecule has 0 aromatic heterocycles. The molecule has 6 nitrogen and oxygen atoms in total. The van der Waals surface area contributed by atoms with Crippen LogP contribution in [-0.2, 0) is 4.74 Å². The quantitative estimate of drug-likeness (QED) is 0.643. The van der Waals surface area contributed by atoms with E-state index in [1.165, 1.54) is 12.1 Å². The number of thiocarbonyl (C=S) groups is 1. The maximum atomic E-state index is 13.2. The fraction of sp³-hybridized carbons (Fsp3) is 0.417. The molecule has 1 aliphatic rings. The number of hydrogen-bond donors (Lipinski definition) is 1. The van der Waals surface area contributed by atoms with E-state index in [4.69, 9.17) is 17.0 Å². The predicted octanol–water partition coefficient (Wildman–Crippen LogP) is 3.24. The summed E-state index contributed by atoms with van der Waals surface area (Å²) in [4.78, 5) is 19.1. The molecule has 3 rings (SSSR count). The van der Waals surface area contributed by atoms with Crippen LogP contribution in [0.4, 0.5) is 10.1 Å². The molecule has 2 aromatic rings. The van der Waals surface area contributed by atoms with Crippen LogP contribution in [0.5, 0.6) is 0 Å². The molecule has 1 saturated heterocycles. The Labute approximate surface area is 194 Å². The molecule has 0 bridgehead atoms. The number of aryl methyl sites for hydroxylation is 1. The van der Waals surface area contributed by atoms with Crippen LogP contribution in [0.1, 0.15) is 15.9 Å². The van der Waals surface area contributed by atoms with Gasteiger partial charge >= 0.3 is 0 Å². The molecule has 0 spiro atoms. The number of carbonyl (C=O) groups is 1. The Kier molecular flexibility index (Phi) is 8.55. The second kappa shape index (κ2) is 11.4. The molecule has 0 unspecified atom stereocenters. The predicted molar refractivity (Wildman–Crippen MR) is 130 cm³/mol. The lowest BCUT2D eigenvalue weighted by Crippen LogP contribution is -2.52. The minimum atomic E-state index is -0.288. The average Bonchev–Trinajstić information content (AvgIpc) is 2.78. The van der Waals surface area contributed by atoms with Gasteiger partial charge in [-0.1, -0.05) is 17.7 Å². The first-order valence-corrected chi connectivity index (χ1v) is 11.2. The monoisotopic (exact) mass is 458 g/mol. The number of morpholine rings is 1. The Morgan fingerprint density at radius 3 is 2.50 bits per heavy atom. The van der Waals surface area contributed by atoms with Crippen LogP contribution in [-0.4, -0.2) is 85.2 Å². The number of halogens is 1. The SMILES string of the molecule is Cc1ccc(C(=O)N(CCN(C)C)C[C@H]2CN(C(=S)Nc3ccc(F)cc3)CCO2)cc1. The van der Waals surface area contributed by atoms with Gasteiger partial charge in [0.25, 0.3) is 5.91 Å². The molecule has 0 saturated carbocycles. The summed E-state index contributed by atoms with van der Waals surface area (Å²) in [7, 11) is 3.99. The zero-order valence-corrected chi connectivity index (χ0v) is 19.7. The molecule has 32 heavy (non-hydrogen) atoms. The van der Waals surface area contributed by atoms with Crippen LogP contribution in [0.3, 0.4) is 0 Å². The fourth-order valence-electron chi connectivity index (χ4n) is 3.47. The number of rotatable bonds is 7. The van der Waals surface area contributed by atoms with Crippen molar-refractivity contribution in [2.75, 3.05) is 58.7 Å². The summed E-state index contributed by atoms with van der Waals surface area (Å²) in [6.07, 6.45) is -0.159. The van der Waals surface area contributed by atoms with Crippen molar-refractivity contribution in [2.45, 2.75) is 13.0 Å². The molecule has 0 aliphatic carbocycles. The molecule has 1 N–H and O–H groups in total. The maximum absolute atomic E-state index is 13.2. The van der Waals surface area contributed by atoms with Gasteiger partial charge in [0, 0.05) is 44.0 Å². The van der Waals surface area contributed by atoms with Crippen molar-refractivity contribution in [3.05, 3.63) is 65.5 Å². The van der Waals surface area contributed by atoms with Gasteiger partial charge in [0.15, 0.2) is 5.11 Å². The first kappa shape index (κ1) is 24.1. The molecular formula is C24H31FN4O2S. The summed E-state index contributed by atoms with van der Waals surface area (Å²) in [5.74, 6) is -0.288. The first-order chi connectivity index (χ1) is 15.3. The largest absolute Gasteiger partial charge is 0.373 e. The van der Waals surface area contributed by atoms with Crippen LogP contribution in [0.15, 0.2) is 48.5 Å².